The Kier molecular flexibility index (Phi) is 9.40. The van der Waals surface area contributed by atoms with E-state index in [-0.39, 0.29) is 5.91 Å². The second-order valence-corrected chi connectivity index (χ2v) is 7.45. The quantitative estimate of drug-likeness (QED) is 0.348. The van der Waals surface area contributed by atoms with Crippen LogP contribution in [0.15, 0.2) is 43.0 Å². The molecule has 1 amide bonds. The Morgan fingerprint density at radius 2 is 1.83 bits per heavy atom. The second-order valence-electron chi connectivity index (χ2n) is 6.05. The van der Waals surface area contributed by atoms with Crippen molar-refractivity contribution in [1.82, 2.24) is 5.32 Å². The Labute approximate surface area is 139 Å². The summed E-state index contributed by atoms with van der Waals surface area (Å²) < 4.78 is 31.7. The molecule has 130 valence electrons. The number of nitrogens with one attached hydrogen (secondary N) is 1. The molecule has 0 bridgehead atoms. The lowest BCUT2D eigenvalue weighted by Gasteiger charge is -2.23. The van der Waals surface area contributed by atoms with Crippen LogP contribution in [0.2, 0.25) is 0 Å². The van der Waals surface area contributed by atoms with E-state index in [4.69, 9.17) is 0 Å². The van der Waals surface area contributed by atoms with Gasteiger partial charge in [0.25, 0.3) is 0 Å². The highest BCUT2D eigenvalue weighted by atomic mass is 32.2. The molecule has 1 aromatic rings. The molecule has 0 aliphatic rings. The molecule has 0 fully saturated rings. The smallest absolute Gasteiger partial charge is 0.243 e. The normalized spacial score (nSPS) is 11.1. The summed E-state index contributed by atoms with van der Waals surface area (Å²) in [5.74, 6) is -0.509. The van der Waals surface area contributed by atoms with E-state index in [9.17, 15) is 17.8 Å². The Hall–Kier alpha value is -1.70. The number of quaternary nitrogens is 1. The van der Waals surface area contributed by atoms with Gasteiger partial charge in [0.15, 0.2) is 0 Å². The highest BCUT2D eigenvalue weighted by Gasteiger charge is 2.05. The summed E-state index contributed by atoms with van der Waals surface area (Å²) in [4.78, 5) is 10.7. The van der Waals surface area contributed by atoms with Gasteiger partial charge in [-0.05, 0) is 11.6 Å². The van der Waals surface area contributed by atoms with Crippen LogP contribution in [0.3, 0.4) is 0 Å². The maximum atomic E-state index is 10.7. The first-order valence-electron chi connectivity index (χ1n) is 7.22. The molecule has 0 saturated carbocycles. The van der Waals surface area contributed by atoms with Gasteiger partial charge < -0.3 is 14.4 Å². The molecule has 0 saturated heterocycles. The molecule has 7 heteroatoms. The lowest BCUT2D eigenvalue weighted by atomic mass is 10.2. The van der Waals surface area contributed by atoms with Crippen molar-refractivity contribution in [1.29, 1.82) is 0 Å². The molecule has 0 heterocycles. The van der Waals surface area contributed by atoms with Crippen LogP contribution >= 0.6 is 0 Å². The molecular formula is C16H26N2O4S. The second kappa shape index (κ2) is 10.1. The van der Waals surface area contributed by atoms with Crippen LogP contribution in [0, 0.1) is 0 Å². The number of amides is 1. The standard InChI is InChI=1S/C9H18N2O.C7H8O3S/c1-5-9(12)10-7-6-8-11(2,3)4;8-11(9,10)6-7-4-2-1-3-5-7/h5H,1,6-8H2,2-4H3;1-5H,6H2,(H,8,9,10). The molecule has 1 aromatic carbocycles. The first kappa shape index (κ1) is 21.3. The molecule has 0 spiro atoms. The van der Waals surface area contributed by atoms with Crippen molar-refractivity contribution < 1.29 is 22.2 Å². The van der Waals surface area contributed by atoms with Crippen LogP contribution in [0.25, 0.3) is 0 Å². The van der Waals surface area contributed by atoms with Gasteiger partial charge in [-0.25, -0.2) is 8.42 Å². The van der Waals surface area contributed by atoms with Crippen molar-refractivity contribution in [3.05, 3.63) is 48.6 Å². The largest absolute Gasteiger partial charge is 0.748 e. The number of hydrogen-bond donors (Lipinski definition) is 1. The number of rotatable bonds is 7. The molecular weight excluding hydrogens is 316 g/mol. The van der Waals surface area contributed by atoms with Gasteiger partial charge in [-0.3, -0.25) is 4.79 Å². The van der Waals surface area contributed by atoms with Crippen molar-refractivity contribution in [2.45, 2.75) is 12.2 Å². The van der Waals surface area contributed by atoms with E-state index in [0.29, 0.717) is 5.56 Å². The SMILES string of the molecule is C=CC(=O)NCCC[N+](C)(C)C.O=S(=O)([O-])Cc1ccccc1. The number of hydrogen-bond acceptors (Lipinski definition) is 4. The third kappa shape index (κ3) is 15.0. The molecule has 0 aliphatic carbocycles. The Morgan fingerprint density at radius 3 is 2.26 bits per heavy atom. The minimum Gasteiger partial charge on any atom is -0.748 e. The van der Waals surface area contributed by atoms with Crippen LogP contribution in [0.5, 0.6) is 0 Å². The maximum Gasteiger partial charge on any atom is 0.243 e. The van der Waals surface area contributed by atoms with Crippen molar-refractivity contribution in [2.24, 2.45) is 0 Å². The minimum atomic E-state index is -4.13. The Bertz CT molecular complexity index is 578. The average Bonchev–Trinajstić information content (AvgIpc) is 2.42. The predicted octanol–water partition coefficient (Wildman–Crippen LogP) is 1.12. The Balaban J connectivity index is 0.000000422. The van der Waals surface area contributed by atoms with Gasteiger partial charge in [-0.2, -0.15) is 0 Å². The molecule has 0 aromatic heterocycles. The highest BCUT2D eigenvalue weighted by Crippen LogP contribution is 2.02. The van der Waals surface area contributed by atoms with E-state index in [1.165, 1.54) is 6.08 Å². The summed E-state index contributed by atoms with van der Waals surface area (Å²) in [6.45, 7) is 5.18. The zero-order valence-electron chi connectivity index (χ0n) is 14.0. The van der Waals surface area contributed by atoms with Gasteiger partial charge in [-0.15, -0.1) is 0 Å². The van der Waals surface area contributed by atoms with Gasteiger partial charge >= 0.3 is 0 Å². The van der Waals surface area contributed by atoms with E-state index in [2.05, 4.69) is 33.0 Å². The minimum absolute atomic E-state index is 0.0867. The van der Waals surface area contributed by atoms with Crippen LogP contribution < -0.4 is 5.32 Å². The molecule has 0 aliphatic heterocycles. The van der Waals surface area contributed by atoms with E-state index >= 15 is 0 Å². The third-order valence-electron chi connectivity index (χ3n) is 2.68. The zero-order valence-corrected chi connectivity index (χ0v) is 14.8. The van der Waals surface area contributed by atoms with E-state index < -0.39 is 15.9 Å². The predicted molar refractivity (Wildman–Crippen MR) is 90.6 cm³/mol. The molecule has 1 rings (SSSR count). The molecule has 6 nitrogen and oxygen atoms in total. The summed E-state index contributed by atoms with van der Waals surface area (Å²) >= 11 is 0. The summed E-state index contributed by atoms with van der Waals surface area (Å²) in [5.41, 5.74) is 0.530. The fraction of sp³-hybridized carbons (Fsp3) is 0.438. The van der Waals surface area contributed by atoms with Crippen LogP contribution in [-0.2, 0) is 20.7 Å². The zero-order chi connectivity index (χ0) is 17.9. The number of carbonyl (C=O) groups is 1. The van der Waals surface area contributed by atoms with Crippen molar-refractivity contribution in [2.75, 3.05) is 34.2 Å². The van der Waals surface area contributed by atoms with Crippen molar-refractivity contribution in [3.8, 4) is 0 Å². The number of nitrogens with zero attached hydrogens (tertiary/aromatic N) is 1. The summed E-state index contributed by atoms with van der Waals surface area (Å²) in [7, 11) is 2.28. The van der Waals surface area contributed by atoms with Crippen LogP contribution in [0.4, 0.5) is 0 Å². The monoisotopic (exact) mass is 342 g/mol. The lowest BCUT2D eigenvalue weighted by Crippen LogP contribution is -2.37. The van der Waals surface area contributed by atoms with Crippen LogP contribution in [0.1, 0.15) is 12.0 Å². The van der Waals surface area contributed by atoms with Gasteiger partial charge in [0.05, 0.1) is 43.6 Å². The Morgan fingerprint density at radius 1 is 1.26 bits per heavy atom. The molecule has 0 atom stereocenters. The third-order valence-corrected chi connectivity index (χ3v) is 3.36. The lowest BCUT2D eigenvalue weighted by molar-refractivity contribution is -0.870. The van der Waals surface area contributed by atoms with Crippen molar-refractivity contribution in [3.63, 3.8) is 0 Å². The topological polar surface area (TPSA) is 86.3 Å². The van der Waals surface area contributed by atoms with Gasteiger partial charge in [0.2, 0.25) is 5.91 Å². The first-order chi connectivity index (χ1) is 10.5. The number of carbonyl (C=O) groups excluding carboxylic acids is 1. The molecule has 0 radical (unpaired) electrons. The first-order valence-corrected chi connectivity index (χ1v) is 8.79. The summed E-state index contributed by atoms with van der Waals surface area (Å²) in [6.07, 6.45) is 2.30. The molecule has 1 N–H and O–H groups in total. The van der Waals surface area contributed by atoms with E-state index in [1.807, 2.05) is 0 Å². The molecule has 0 unspecified atom stereocenters. The maximum absolute atomic E-state index is 10.7. The fourth-order valence-corrected chi connectivity index (χ4v) is 2.22. The van der Waals surface area contributed by atoms with Crippen LogP contribution in [-0.4, -0.2) is 57.6 Å². The van der Waals surface area contributed by atoms with E-state index in [0.717, 1.165) is 24.0 Å². The highest BCUT2D eigenvalue weighted by molar-refractivity contribution is 7.84. The van der Waals surface area contributed by atoms with E-state index in [1.54, 1.807) is 30.3 Å². The fourth-order valence-electron chi connectivity index (χ4n) is 1.62. The van der Waals surface area contributed by atoms with Gasteiger partial charge in [-0.1, -0.05) is 36.9 Å². The molecule has 23 heavy (non-hydrogen) atoms. The summed E-state index contributed by atoms with van der Waals surface area (Å²) in [6, 6.07) is 8.37. The van der Waals surface area contributed by atoms with Gasteiger partial charge in [0.1, 0.15) is 0 Å². The average molecular weight is 342 g/mol. The van der Waals surface area contributed by atoms with Gasteiger partial charge in [0, 0.05) is 13.0 Å². The number of benzene rings is 1. The van der Waals surface area contributed by atoms with Crippen molar-refractivity contribution >= 4 is 16.0 Å². The summed E-state index contributed by atoms with van der Waals surface area (Å²) in [5, 5.41) is 2.74.